The van der Waals surface area contributed by atoms with E-state index < -0.39 is 0 Å². The van der Waals surface area contributed by atoms with Gasteiger partial charge in [-0.05, 0) is 56.7 Å². The van der Waals surface area contributed by atoms with E-state index in [1.165, 1.54) is 0 Å². The van der Waals surface area contributed by atoms with Crippen molar-refractivity contribution < 1.29 is 14.3 Å². The highest BCUT2D eigenvalue weighted by atomic mass is 35.5. The molecule has 184 valence electrons. The second kappa shape index (κ2) is 12.4. The maximum atomic E-state index is 12.8. The molecule has 0 saturated carbocycles. The van der Waals surface area contributed by atoms with Gasteiger partial charge in [-0.1, -0.05) is 17.7 Å². The van der Waals surface area contributed by atoms with E-state index in [1.807, 2.05) is 25.1 Å². The number of aromatic nitrogens is 2. The van der Waals surface area contributed by atoms with E-state index in [0.717, 1.165) is 62.5 Å². The van der Waals surface area contributed by atoms with Crippen LogP contribution in [0.3, 0.4) is 0 Å². The molecule has 0 bridgehead atoms. The predicted molar refractivity (Wildman–Crippen MR) is 134 cm³/mol. The van der Waals surface area contributed by atoms with Crippen molar-refractivity contribution in [3.8, 4) is 11.3 Å². The molecule has 9 heteroatoms. The summed E-state index contributed by atoms with van der Waals surface area (Å²) in [4.78, 5) is 21.9. The Bertz CT molecular complexity index is 946. The summed E-state index contributed by atoms with van der Waals surface area (Å²) < 4.78 is 10.9. The first-order valence-electron chi connectivity index (χ1n) is 12.2. The number of nitrogens with zero attached hydrogens (tertiary/aromatic N) is 2. The zero-order valence-electron chi connectivity index (χ0n) is 19.7. The number of ether oxygens (including phenoxy) is 2. The van der Waals surface area contributed by atoms with Crippen LogP contribution in [0.25, 0.3) is 11.3 Å². The highest BCUT2D eigenvalue weighted by Crippen LogP contribution is 2.29. The molecule has 0 aromatic carbocycles. The largest absolute Gasteiger partial charge is 0.381 e. The number of rotatable bonds is 9. The average Bonchev–Trinajstić information content (AvgIpc) is 2.88. The van der Waals surface area contributed by atoms with E-state index in [2.05, 4.69) is 20.9 Å². The van der Waals surface area contributed by atoms with Gasteiger partial charge in [0.15, 0.2) is 0 Å². The summed E-state index contributed by atoms with van der Waals surface area (Å²) in [6, 6.07) is 7.92. The third kappa shape index (κ3) is 6.88. The molecule has 2 aromatic rings. The number of piperidine rings is 1. The van der Waals surface area contributed by atoms with Crippen LogP contribution in [0.4, 0.5) is 11.6 Å². The molecule has 2 aliphatic rings. The molecular formula is C25H34ClN5O3. The molecule has 4 rings (SSSR count). The van der Waals surface area contributed by atoms with Crippen molar-refractivity contribution in [1.29, 1.82) is 0 Å². The molecule has 1 amide bonds. The molecule has 8 nitrogen and oxygen atoms in total. The zero-order valence-corrected chi connectivity index (χ0v) is 20.4. The van der Waals surface area contributed by atoms with E-state index in [9.17, 15) is 4.79 Å². The molecular weight excluding hydrogens is 454 g/mol. The maximum absolute atomic E-state index is 12.8. The number of nitrogens with one attached hydrogen (secondary N) is 3. The van der Waals surface area contributed by atoms with E-state index in [1.54, 1.807) is 12.3 Å². The van der Waals surface area contributed by atoms with Crippen LogP contribution in [0, 0.1) is 11.8 Å². The van der Waals surface area contributed by atoms with Gasteiger partial charge in [-0.3, -0.25) is 4.79 Å². The fourth-order valence-electron chi connectivity index (χ4n) is 4.36. The lowest BCUT2D eigenvalue weighted by Crippen LogP contribution is -2.45. The lowest BCUT2D eigenvalue weighted by atomic mass is 9.94. The van der Waals surface area contributed by atoms with Crippen LogP contribution >= 0.6 is 11.6 Å². The van der Waals surface area contributed by atoms with Gasteiger partial charge in [-0.25, -0.2) is 9.97 Å². The minimum absolute atomic E-state index is 0.0389. The summed E-state index contributed by atoms with van der Waals surface area (Å²) >= 11 is 6.45. The highest BCUT2D eigenvalue weighted by molar-refractivity contribution is 6.33. The Kier molecular flexibility index (Phi) is 9.10. The fraction of sp³-hybridized carbons (Fsp3) is 0.560. The van der Waals surface area contributed by atoms with Gasteiger partial charge in [0.1, 0.15) is 11.6 Å². The van der Waals surface area contributed by atoms with Crippen LogP contribution in [0.15, 0.2) is 30.5 Å². The smallest absolute Gasteiger partial charge is 0.229 e. The Labute approximate surface area is 206 Å². The second-order valence-electron chi connectivity index (χ2n) is 8.92. The number of hydrogen-bond donors (Lipinski definition) is 3. The number of amides is 1. The van der Waals surface area contributed by atoms with Gasteiger partial charge in [0.05, 0.1) is 23.2 Å². The summed E-state index contributed by atoms with van der Waals surface area (Å²) in [6.07, 6.45) is 5.42. The summed E-state index contributed by atoms with van der Waals surface area (Å²) in [5.74, 6) is 1.73. The molecule has 2 atom stereocenters. The van der Waals surface area contributed by atoms with Gasteiger partial charge >= 0.3 is 0 Å². The normalized spacial score (nSPS) is 21.2. The van der Waals surface area contributed by atoms with Crippen molar-refractivity contribution in [2.24, 2.45) is 11.8 Å². The van der Waals surface area contributed by atoms with E-state index in [4.69, 9.17) is 26.1 Å². The van der Waals surface area contributed by atoms with Crippen LogP contribution in [0.1, 0.15) is 32.6 Å². The lowest BCUT2D eigenvalue weighted by Gasteiger charge is -2.28. The molecule has 4 heterocycles. The monoisotopic (exact) mass is 487 g/mol. The van der Waals surface area contributed by atoms with E-state index >= 15 is 0 Å². The van der Waals surface area contributed by atoms with Gasteiger partial charge in [-0.15, -0.1) is 0 Å². The topological polar surface area (TPSA) is 97.4 Å². The van der Waals surface area contributed by atoms with Crippen LogP contribution in [0.5, 0.6) is 0 Å². The molecule has 0 spiro atoms. The maximum Gasteiger partial charge on any atom is 0.229 e. The second-order valence-corrected chi connectivity index (χ2v) is 9.33. The molecule has 0 aliphatic carbocycles. The number of carbonyl (C=O) groups is 1. The van der Waals surface area contributed by atoms with Crippen molar-refractivity contribution in [2.45, 2.75) is 38.6 Å². The van der Waals surface area contributed by atoms with Crippen LogP contribution in [-0.2, 0) is 14.3 Å². The summed E-state index contributed by atoms with van der Waals surface area (Å²) in [7, 11) is 0. The standard InChI is InChI=1S/C25H34ClN5O3/c1-2-33-16-19-7-6-18(14-27-19)25(32)31-24-12-20(21(26)15-29-24)22-4-3-5-23(30-22)28-13-17-8-10-34-11-9-17/h3-5,12,15,17-19,27H,2,6-11,13-14,16H2,1H3,(H,28,30)(H,29,31,32)/t18-,19+/m0/s1. The number of pyridine rings is 2. The summed E-state index contributed by atoms with van der Waals surface area (Å²) in [5, 5.41) is 10.3. The lowest BCUT2D eigenvalue weighted by molar-refractivity contribution is -0.120. The molecule has 0 unspecified atom stereocenters. The quantitative estimate of drug-likeness (QED) is 0.492. The van der Waals surface area contributed by atoms with Crippen molar-refractivity contribution in [2.75, 3.05) is 50.2 Å². The van der Waals surface area contributed by atoms with E-state index in [0.29, 0.717) is 42.6 Å². The first-order chi connectivity index (χ1) is 16.6. The average molecular weight is 488 g/mol. The number of hydrogen-bond acceptors (Lipinski definition) is 7. The molecule has 2 aromatic heterocycles. The van der Waals surface area contributed by atoms with Gasteiger partial charge in [0.2, 0.25) is 5.91 Å². The minimum atomic E-state index is -0.102. The van der Waals surface area contributed by atoms with Crippen LogP contribution in [0.2, 0.25) is 5.02 Å². The van der Waals surface area contributed by atoms with Gasteiger partial charge in [0.25, 0.3) is 0 Å². The molecule has 0 radical (unpaired) electrons. The Hall–Kier alpha value is -2.26. The predicted octanol–water partition coefficient (Wildman–Crippen LogP) is 3.98. The first kappa shape index (κ1) is 24.9. The minimum Gasteiger partial charge on any atom is -0.381 e. The fourth-order valence-corrected chi connectivity index (χ4v) is 4.56. The van der Waals surface area contributed by atoms with Crippen LogP contribution in [-0.4, -0.2) is 61.4 Å². The number of anilines is 2. The Morgan fingerprint density at radius 1 is 1.24 bits per heavy atom. The van der Waals surface area contributed by atoms with Crippen molar-refractivity contribution in [3.63, 3.8) is 0 Å². The number of halogens is 1. The van der Waals surface area contributed by atoms with Gasteiger partial charge < -0.3 is 25.4 Å². The Balaban J connectivity index is 1.37. The number of carbonyl (C=O) groups excluding carboxylic acids is 1. The SMILES string of the molecule is CCOC[C@H]1CC[C@H](C(=O)Nc2cc(-c3cccc(NCC4CCOCC4)n3)c(Cl)cn2)CN1. The molecule has 2 aliphatic heterocycles. The molecule has 2 fully saturated rings. The zero-order chi connectivity index (χ0) is 23.8. The molecule has 34 heavy (non-hydrogen) atoms. The van der Waals surface area contributed by atoms with Crippen molar-refractivity contribution in [1.82, 2.24) is 15.3 Å². The van der Waals surface area contributed by atoms with Gasteiger partial charge in [0, 0.05) is 50.7 Å². The van der Waals surface area contributed by atoms with Crippen LogP contribution < -0.4 is 16.0 Å². The van der Waals surface area contributed by atoms with E-state index in [-0.39, 0.29) is 11.8 Å². The van der Waals surface area contributed by atoms with Gasteiger partial charge in [-0.2, -0.15) is 0 Å². The Morgan fingerprint density at radius 3 is 2.85 bits per heavy atom. The first-order valence-corrected chi connectivity index (χ1v) is 12.6. The summed E-state index contributed by atoms with van der Waals surface area (Å²) in [6.45, 7) is 6.53. The summed E-state index contributed by atoms with van der Waals surface area (Å²) in [5.41, 5.74) is 1.47. The highest BCUT2D eigenvalue weighted by Gasteiger charge is 2.26. The molecule has 2 saturated heterocycles. The molecule has 3 N–H and O–H groups in total. The third-order valence-electron chi connectivity index (χ3n) is 6.45. The third-order valence-corrected chi connectivity index (χ3v) is 6.76. The van der Waals surface area contributed by atoms with Crippen molar-refractivity contribution in [3.05, 3.63) is 35.5 Å². The Morgan fingerprint density at radius 2 is 2.09 bits per heavy atom. The van der Waals surface area contributed by atoms with Crippen molar-refractivity contribution >= 4 is 29.1 Å².